The molecule has 96 valence electrons. The first-order chi connectivity index (χ1) is 8.08. The number of thioether (sulfide) groups is 1. The van der Waals surface area contributed by atoms with Gasteiger partial charge in [-0.3, -0.25) is 0 Å². The van der Waals surface area contributed by atoms with Crippen LogP contribution in [0, 0.1) is 19.8 Å². The average molecular weight is 253 g/mol. The maximum Gasteiger partial charge on any atom is 0.133 e. The lowest BCUT2D eigenvalue weighted by Gasteiger charge is -2.13. The molecular formula is C13H23N3S. The molecule has 1 N–H and O–H groups in total. The lowest BCUT2D eigenvalue weighted by atomic mass is 10.2. The summed E-state index contributed by atoms with van der Waals surface area (Å²) in [5, 5.41) is 4.41. The SMILES string of the molecule is CCNc1nc(C)nc(SCC(C)CC)c1C. The molecule has 1 rings (SSSR count). The van der Waals surface area contributed by atoms with Crippen molar-refractivity contribution in [3.63, 3.8) is 0 Å². The van der Waals surface area contributed by atoms with Crippen LogP contribution in [-0.4, -0.2) is 22.3 Å². The van der Waals surface area contributed by atoms with Gasteiger partial charge in [-0.2, -0.15) is 0 Å². The molecule has 1 aromatic rings. The summed E-state index contributed by atoms with van der Waals surface area (Å²) in [5.74, 6) is 3.68. The zero-order valence-corrected chi connectivity index (χ0v) is 12.3. The summed E-state index contributed by atoms with van der Waals surface area (Å²) >= 11 is 1.84. The van der Waals surface area contributed by atoms with E-state index in [9.17, 15) is 0 Å². The van der Waals surface area contributed by atoms with E-state index in [1.165, 1.54) is 12.0 Å². The minimum atomic E-state index is 0.734. The number of anilines is 1. The number of hydrogen-bond donors (Lipinski definition) is 1. The summed E-state index contributed by atoms with van der Waals surface area (Å²) in [5.41, 5.74) is 1.17. The van der Waals surface area contributed by atoms with Crippen LogP contribution in [0.5, 0.6) is 0 Å². The first kappa shape index (κ1) is 14.3. The van der Waals surface area contributed by atoms with E-state index in [-0.39, 0.29) is 0 Å². The van der Waals surface area contributed by atoms with Gasteiger partial charge in [0.1, 0.15) is 16.7 Å². The fraction of sp³-hybridized carbons (Fsp3) is 0.692. The Balaban J connectivity index is 2.83. The second-order valence-electron chi connectivity index (χ2n) is 4.40. The molecule has 17 heavy (non-hydrogen) atoms. The minimum absolute atomic E-state index is 0.734. The van der Waals surface area contributed by atoms with Crippen LogP contribution in [0.25, 0.3) is 0 Å². The van der Waals surface area contributed by atoms with E-state index in [1.54, 1.807) is 0 Å². The van der Waals surface area contributed by atoms with Gasteiger partial charge in [0.05, 0.1) is 0 Å². The Hall–Kier alpha value is -0.770. The van der Waals surface area contributed by atoms with Gasteiger partial charge in [0.25, 0.3) is 0 Å². The zero-order chi connectivity index (χ0) is 12.8. The van der Waals surface area contributed by atoms with Crippen LogP contribution in [0.3, 0.4) is 0 Å². The molecular weight excluding hydrogens is 230 g/mol. The molecule has 0 aliphatic rings. The Morgan fingerprint density at radius 1 is 1.24 bits per heavy atom. The van der Waals surface area contributed by atoms with E-state index < -0.39 is 0 Å². The predicted octanol–water partition coefficient (Wildman–Crippen LogP) is 3.66. The van der Waals surface area contributed by atoms with Crippen molar-refractivity contribution in [2.75, 3.05) is 17.6 Å². The van der Waals surface area contributed by atoms with Gasteiger partial charge in [-0.1, -0.05) is 20.3 Å². The van der Waals surface area contributed by atoms with Crippen molar-refractivity contribution in [1.29, 1.82) is 0 Å². The fourth-order valence-corrected chi connectivity index (χ4v) is 2.61. The molecule has 3 nitrogen and oxygen atoms in total. The summed E-state index contributed by atoms with van der Waals surface area (Å²) in [4.78, 5) is 8.97. The van der Waals surface area contributed by atoms with Crippen LogP contribution >= 0.6 is 11.8 Å². The molecule has 0 amide bonds. The Labute approximate surface area is 109 Å². The molecule has 0 spiro atoms. The molecule has 1 atom stereocenters. The van der Waals surface area contributed by atoms with Crippen LogP contribution in [0.1, 0.15) is 38.6 Å². The highest BCUT2D eigenvalue weighted by atomic mass is 32.2. The van der Waals surface area contributed by atoms with Gasteiger partial charge >= 0.3 is 0 Å². The molecule has 0 saturated carbocycles. The average Bonchev–Trinajstić information content (AvgIpc) is 2.31. The van der Waals surface area contributed by atoms with E-state index >= 15 is 0 Å². The van der Waals surface area contributed by atoms with Crippen LogP contribution in [0.2, 0.25) is 0 Å². The smallest absolute Gasteiger partial charge is 0.133 e. The van der Waals surface area contributed by atoms with E-state index in [0.717, 1.165) is 34.9 Å². The molecule has 4 heteroatoms. The molecule has 0 bridgehead atoms. The van der Waals surface area contributed by atoms with Gasteiger partial charge in [-0.05, 0) is 26.7 Å². The number of aryl methyl sites for hydroxylation is 1. The molecule has 0 aromatic carbocycles. The molecule has 0 saturated heterocycles. The third-order valence-electron chi connectivity index (χ3n) is 2.76. The minimum Gasteiger partial charge on any atom is -0.370 e. The topological polar surface area (TPSA) is 37.8 Å². The quantitative estimate of drug-likeness (QED) is 0.620. The number of hydrogen-bond acceptors (Lipinski definition) is 4. The fourth-order valence-electron chi connectivity index (χ4n) is 1.42. The van der Waals surface area contributed by atoms with Crippen molar-refractivity contribution in [3.8, 4) is 0 Å². The summed E-state index contributed by atoms with van der Waals surface area (Å²) in [6.45, 7) is 11.5. The molecule has 1 aromatic heterocycles. The third-order valence-corrected chi connectivity index (χ3v) is 4.17. The predicted molar refractivity (Wildman–Crippen MR) is 75.8 cm³/mol. The Morgan fingerprint density at radius 3 is 2.53 bits per heavy atom. The highest BCUT2D eigenvalue weighted by molar-refractivity contribution is 7.99. The Kier molecular flexibility index (Phi) is 5.75. The van der Waals surface area contributed by atoms with E-state index in [2.05, 4.69) is 43.0 Å². The maximum absolute atomic E-state index is 4.53. The van der Waals surface area contributed by atoms with Gasteiger partial charge in [0.15, 0.2) is 0 Å². The normalized spacial score (nSPS) is 12.5. The Bertz CT molecular complexity index is 366. The molecule has 0 fully saturated rings. The molecule has 0 radical (unpaired) electrons. The second-order valence-corrected chi connectivity index (χ2v) is 5.41. The molecule has 0 aliphatic carbocycles. The van der Waals surface area contributed by atoms with Gasteiger partial charge in [0.2, 0.25) is 0 Å². The van der Waals surface area contributed by atoms with Gasteiger partial charge in [-0.15, -0.1) is 11.8 Å². The highest BCUT2D eigenvalue weighted by Crippen LogP contribution is 2.27. The largest absolute Gasteiger partial charge is 0.370 e. The maximum atomic E-state index is 4.53. The number of nitrogens with zero attached hydrogens (tertiary/aromatic N) is 2. The number of rotatable bonds is 6. The molecule has 1 unspecified atom stereocenters. The lowest BCUT2D eigenvalue weighted by Crippen LogP contribution is -2.06. The van der Waals surface area contributed by atoms with Crippen molar-refractivity contribution < 1.29 is 0 Å². The van der Waals surface area contributed by atoms with E-state index in [1.807, 2.05) is 18.7 Å². The number of nitrogens with one attached hydrogen (secondary N) is 1. The van der Waals surface area contributed by atoms with Crippen molar-refractivity contribution in [2.45, 2.75) is 46.1 Å². The summed E-state index contributed by atoms with van der Waals surface area (Å²) in [6, 6.07) is 0. The summed E-state index contributed by atoms with van der Waals surface area (Å²) < 4.78 is 0. The van der Waals surface area contributed by atoms with Crippen LogP contribution in [-0.2, 0) is 0 Å². The second kappa shape index (κ2) is 6.84. The summed E-state index contributed by atoms with van der Waals surface area (Å²) in [7, 11) is 0. The molecule has 0 aliphatic heterocycles. The third kappa shape index (κ3) is 4.19. The van der Waals surface area contributed by atoms with Crippen LogP contribution in [0.4, 0.5) is 5.82 Å². The zero-order valence-electron chi connectivity index (χ0n) is 11.5. The lowest BCUT2D eigenvalue weighted by molar-refractivity contribution is 0.636. The van der Waals surface area contributed by atoms with E-state index in [0.29, 0.717) is 0 Å². The van der Waals surface area contributed by atoms with Crippen molar-refractivity contribution >= 4 is 17.6 Å². The van der Waals surface area contributed by atoms with Crippen LogP contribution in [0.15, 0.2) is 5.03 Å². The standard InChI is InChI=1S/C13H23N3S/c1-6-9(3)8-17-13-10(4)12(14-7-2)15-11(5)16-13/h9H,6-8H2,1-5H3,(H,14,15,16). The van der Waals surface area contributed by atoms with Crippen molar-refractivity contribution in [1.82, 2.24) is 9.97 Å². The van der Waals surface area contributed by atoms with Gasteiger partial charge < -0.3 is 5.32 Å². The van der Waals surface area contributed by atoms with Gasteiger partial charge in [-0.25, -0.2) is 9.97 Å². The monoisotopic (exact) mass is 253 g/mol. The first-order valence-electron chi connectivity index (χ1n) is 6.30. The Morgan fingerprint density at radius 2 is 1.94 bits per heavy atom. The van der Waals surface area contributed by atoms with Crippen molar-refractivity contribution in [3.05, 3.63) is 11.4 Å². The molecule has 1 heterocycles. The van der Waals surface area contributed by atoms with Crippen LogP contribution < -0.4 is 5.32 Å². The van der Waals surface area contributed by atoms with Crippen molar-refractivity contribution in [2.24, 2.45) is 5.92 Å². The van der Waals surface area contributed by atoms with Gasteiger partial charge in [0, 0.05) is 17.9 Å². The number of aromatic nitrogens is 2. The van der Waals surface area contributed by atoms with E-state index in [4.69, 9.17) is 0 Å². The highest BCUT2D eigenvalue weighted by Gasteiger charge is 2.10. The summed E-state index contributed by atoms with van der Waals surface area (Å²) in [6.07, 6.45) is 1.22. The first-order valence-corrected chi connectivity index (χ1v) is 7.28.